The maximum Gasteiger partial charge on any atom is 0.140 e. The summed E-state index contributed by atoms with van der Waals surface area (Å²) < 4.78 is 5.79. The number of nitrogens with one attached hydrogen (secondary N) is 1. The maximum atomic E-state index is 7.64. The van der Waals surface area contributed by atoms with Gasteiger partial charge in [-0.3, -0.25) is 5.41 Å². The highest BCUT2D eigenvalue weighted by molar-refractivity contribution is 7.13. The Labute approximate surface area is 129 Å². The fraction of sp³-hybridized carbons (Fsp3) is 0.375. The topological polar surface area (TPSA) is 72.0 Å². The van der Waals surface area contributed by atoms with E-state index in [0.29, 0.717) is 6.61 Å². The van der Waals surface area contributed by atoms with Crippen LogP contribution in [0.15, 0.2) is 18.2 Å². The predicted molar refractivity (Wildman–Crippen MR) is 87.5 cm³/mol. The molecule has 0 aliphatic rings. The highest BCUT2D eigenvalue weighted by Gasteiger charge is 2.16. The second kappa shape index (κ2) is 6.26. The Balaban J connectivity index is 2.14. The summed E-state index contributed by atoms with van der Waals surface area (Å²) in [6, 6.07) is 6.04. The molecule has 0 bridgehead atoms. The number of hydrogen-bond acceptors (Lipinski definition) is 4. The van der Waals surface area contributed by atoms with Crippen LogP contribution >= 0.6 is 11.3 Å². The van der Waals surface area contributed by atoms with E-state index in [0.717, 1.165) is 21.3 Å². The van der Waals surface area contributed by atoms with Crippen LogP contribution < -0.4 is 10.5 Å². The van der Waals surface area contributed by atoms with Gasteiger partial charge in [-0.1, -0.05) is 19.9 Å². The molecule has 0 saturated carbocycles. The zero-order chi connectivity index (χ0) is 15.6. The minimum Gasteiger partial charge on any atom is -0.486 e. The number of hydrogen-bond donors (Lipinski definition) is 2. The molecule has 1 aromatic heterocycles. The van der Waals surface area contributed by atoms with E-state index in [1.807, 2.05) is 18.2 Å². The molecule has 0 aliphatic carbocycles. The van der Waals surface area contributed by atoms with E-state index < -0.39 is 0 Å². The SMILES string of the molecule is Cc1ccc(OCc2nc(C(C)C)c(C(=N)N)s2)cc1C. The van der Waals surface area contributed by atoms with Crippen LogP contribution in [0.25, 0.3) is 0 Å². The molecule has 3 N–H and O–H groups in total. The number of aryl methyl sites for hydroxylation is 2. The number of ether oxygens (including phenoxy) is 1. The van der Waals surface area contributed by atoms with Crippen LogP contribution in [0.5, 0.6) is 5.75 Å². The average molecular weight is 303 g/mol. The standard InChI is InChI=1S/C16H21N3OS/c1-9(2)14-15(16(17)18)21-13(19-14)8-20-12-6-5-10(3)11(4)7-12/h5-7,9H,8H2,1-4H3,(H3,17,18). The minimum atomic E-state index is 0.0774. The molecule has 5 heteroatoms. The van der Waals surface area contributed by atoms with Gasteiger partial charge in [0.15, 0.2) is 0 Å². The zero-order valence-electron chi connectivity index (χ0n) is 12.9. The second-order valence-corrected chi connectivity index (χ2v) is 6.51. The van der Waals surface area contributed by atoms with E-state index in [-0.39, 0.29) is 11.8 Å². The Morgan fingerprint density at radius 1 is 1.33 bits per heavy atom. The number of benzene rings is 1. The third-order valence-corrected chi connectivity index (χ3v) is 4.41. The summed E-state index contributed by atoms with van der Waals surface area (Å²) in [4.78, 5) is 5.31. The van der Waals surface area contributed by atoms with E-state index in [4.69, 9.17) is 15.9 Å². The average Bonchev–Trinajstić information content (AvgIpc) is 2.85. The molecule has 4 nitrogen and oxygen atoms in total. The van der Waals surface area contributed by atoms with Crippen LogP contribution in [0.1, 0.15) is 46.5 Å². The van der Waals surface area contributed by atoms with E-state index in [1.54, 1.807) is 0 Å². The smallest absolute Gasteiger partial charge is 0.140 e. The van der Waals surface area contributed by atoms with Crippen LogP contribution in [-0.4, -0.2) is 10.8 Å². The van der Waals surface area contributed by atoms with Crippen molar-refractivity contribution in [2.75, 3.05) is 0 Å². The number of nitrogens with zero attached hydrogens (tertiary/aromatic N) is 1. The molecule has 0 atom stereocenters. The summed E-state index contributed by atoms with van der Waals surface area (Å²) in [7, 11) is 0. The van der Waals surface area contributed by atoms with Gasteiger partial charge in [-0.25, -0.2) is 4.98 Å². The Bertz CT molecular complexity index is 662. The summed E-state index contributed by atoms with van der Waals surface area (Å²) in [6.07, 6.45) is 0. The monoisotopic (exact) mass is 303 g/mol. The lowest BCUT2D eigenvalue weighted by Gasteiger charge is -2.06. The first-order chi connectivity index (χ1) is 9.88. The molecule has 0 spiro atoms. The first kappa shape index (κ1) is 15.5. The first-order valence-electron chi connectivity index (χ1n) is 6.92. The molecule has 0 fully saturated rings. The van der Waals surface area contributed by atoms with Gasteiger partial charge in [-0.2, -0.15) is 0 Å². The third-order valence-electron chi connectivity index (χ3n) is 3.33. The number of thiazole rings is 1. The molecule has 0 amide bonds. The zero-order valence-corrected chi connectivity index (χ0v) is 13.7. The van der Waals surface area contributed by atoms with Gasteiger partial charge < -0.3 is 10.5 Å². The van der Waals surface area contributed by atoms with Gasteiger partial charge >= 0.3 is 0 Å². The summed E-state index contributed by atoms with van der Waals surface area (Å²) in [5, 5.41) is 8.49. The molecule has 0 unspecified atom stereocenters. The molecular weight excluding hydrogens is 282 g/mol. The van der Waals surface area contributed by atoms with Crippen molar-refractivity contribution in [2.45, 2.75) is 40.2 Å². The van der Waals surface area contributed by atoms with E-state index in [9.17, 15) is 0 Å². The van der Waals surface area contributed by atoms with Crippen LogP contribution in [0.4, 0.5) is 0 Å². The van der Waals surface area contributed by atoms with Crippen molar-refractivity contribution >= 4 is 17.2 Å². The summed E-state index contributed by atoms with van der Waals surface area (Å²) in [5.41, 5.74) is 8.96. The van der Waals surface area contributed by atoms with Crippen molar-refractivity contribution in [3.8, 4) is 5.75 Å². The predicted octanol–water partition coefficient (Wildman–Crippen LogP) is 3.75. The van der Waals surface area contributed by atoms with Crippen molar-refractivity contribution in [2.24, 2.45) is 5.73 Å². The lowest BCUT2D eigenvalue weighted by molar-refractivity contribution is 0.305. The van der Waals surface area contributed by atoms with E-state index in [1.165, 1.54) is 22.5 Å². The van der Waals surface area contributed by atoms with Gasteiger partial charge in [-0.15, -0.1) is 11.3 Å². The number of rotatable bonds is 5. The van der Waals surface area contributed by atoms with Gasteiger partial charge in [0, 0.05) is 0 Å². The Hall–Kier alpha value is -1.88. The molecule has 0 saturated heterocycles. The van der Waals surface area contributed by atoms with Crippen molar-refractivity contribution in [3.05, 3.63) is 44.9 Å². The van der Waals surface area contributed by atoms with Crippen LogP contribution in [0.3, 0.4) is 0 Å². The van der Waals surface area contributed by atoms with E-state index >= 15 is 0 Å². The van der Waals surface area contributed by atoms with Crippen LogP contribution in [-0.2, 0) is 6.61 Å². The molecule has 0 radical (unpaired) electrons. The quantitative estimate of drug-likeness (QED) is 0.652. The van der Waals surface area contributed by atoms with Gasteiger partial charge in [0.1, 0.15) is 23.2 Å². The van der Waals surface area contributed by atoms with Gasteiger partial charge in [0.05, 0.1) is 10.6 Å². The summed E-state index contributed by atoms with van der Waals surface area (Å²) in [6.45, 7) is 8.65. The maximum absolute atomic E-state index is 7.64. The fourth-order valence-corrected chi connectivity index (χ4v) is 2.97. The van der Waals surface area contributed by atoms with Crippen molar-refractivity contribution in [1.82, 2.24) is 4.98 Å². The van der Waals surface area contributed by atoms with E-state index in [2.05, 4.69) is 32.7 Å². The molecule has 112 valence electrons. The number of nitrogens with two attached hydrogens (primary N) is 1. The van der Waals surface area contributed by atoms with Gasteiger partial charge in [0.2, 0.25) is 0 Å². The summed E-state index contributed by atoms with van der Waals surface area (Å²) >= 11 is 1.44. The highest BCUT2D eigenvalue weighted by atomic mass is 32.1. The molecule has 1 aromatic carbocycles. The minimum absolute atomic E-state index is 0.0774. The molecule has 1 heterocycles. The normalized spacial score (nSPS) is 10.9. The molecule has 21 heavy (non-hydrogen) atoms. The first-order valence-corrected chi connectivity index (χ1v) is 7.74. The van der Waals surface area contributed by atoms with Crippen molar-refractivity contribution in [1.29, 1.82) is 5.41 Å². The number of amidine groups is 1. The Morgan fingerprint density at radius 3 is 2.57 bits per heavy atom. The molecule has 2 aromatic rings. The fourth-order valence-electron chi connectivity index (χ4n) is 1.97. The van der Waals surface area contributed by atoms with Gasteiger partial charge in [0.25, 0.3) is 0 Å². The summed E-state index contributed by atoms with van der Waals surface area (Å²) in [5.74, 6) is 1.16. The van der Waals surface area contributed by atoms with Crippen LogP contribution in [0, 0.1) is 19.3 Å². The number of nitrogen functional groups attached to an aromatic ring is 1. The van der Waals surface area contributed by atoms with Gasteiger partial charge in [-0.05, 0) is 43.0 Å². The number of aromatic nitrogens is 1. The van der Waals surface area contributed by atoms with Crippen molar-refractivity contribution in [3.63, 3.8) is 0 Å². The Kier molecular flexibility index (Phi) is 4.63. The second-order valence-electron chi connectivity index (χ2n) is 5.43. The Morgan fingerprint density at radius 2 is 2.05 bits per heavy atom. The highest BCUT2D eigenvalue weighted by Crippen LogP contribution is 2.26. The lowest BCUT2D eigenvalue weighted by atomic mass is 10.1. The molecular formula is C16H21N3OS. The third kappa shape index (κ3) is 3.61. The van der Waals surface area contributed by atoms with Crippen molar-refractivity contribution < 1.29 is 4.74 Å². The largest absolute Gasteiger partial charge is 0.486 e. The molecule has 2 rings (SSSR count). The molecule has 0 aliphatic heterocycles. The lowest BCUT2D eigenvalue weighted by Crippen LogP contribution is -2.12. The van der Waals surface area contributed by atoms with Crippen LogP contribution in [0.2, 0.25) is 0 Å².